The zero-order valence-electron chi connectivity index (χ0n) is 17.8. The maximum absolute atomic E-state index is 13.2. The Labute approximate surface area is 177 Å². The van der Waals surface area contributed by atoms with Crippen molar-refractivity contribution in [2.45, 2.75) is 25.2 Å². The Kier molecular flexibility index (Phi) is 6.67. The van der Waals surface area contributed by atoms with Crippen LogP contribution in [0.25, 0.3) is 0 Å². The maximum Gasteiger partial charge on any atom is 0.260 e. The zero-order chi connectivity index (χ0) is 21.9. The molecule has 1 amide bonds. The highest BCUT2D eigenvalue weighted by atomic mass is 32.2. The number of carbonyl (C=O) groups is 1. The molecule has 0 unspecified atom stereocenters. The first kappa shape index (κ1) is 22.1. The fourth-order valence-corrected chi connectivity index (χ4v) is 5.42. The summed E-state index contributed by atoms with van der Waals surface area (Å²) in [5.74, 6) is 1.12. The molecule has 0 bridgehead atoms. The summed E-state index contributed by atoms with van der Waals surface area (Å²) in [6, 6.07) is 7.00. The smallest absolute Gasteiger partial charge is 0.260 e. The quantitative estimate of drug-likeness (QED) is 0.679. The van der Waals surface area contributed by atoms with Crippen LogP contribution in [0.3, 0.4) is 0 Å². The normalized spacial score (nSPS) is 15.7. The van der Waals surface area contributed by atoms with Crippen molar-refractivity contribution in [3.8, 4) is 11.5 Å². The van der Waals surface area contributed by atoms with Gasteiger partial charge in [-0.2, -0.15) is 9.40 Å². The summed E-state index contributed by atoms with van der Waals surface area (Å²) in [4.78, 5) is 14.5. The molecule has 0 aliphatic carbocycles. The number of aryl methyl sites for hydroxylation is 2. The monoisotopic (exact) mass is 436 g/mol. The Morgan fingerprint density at radius 1 is 1.07 bits per heavy atom. The molecule has 2 heterocycles. The highest BCUT2D eigenvalue weighted by Crippen LogP contribution is 2.24. The largest absolute Gasteiger partial charge is 0.497 e. The number of rotatable bonds is 6. The fourth-order valence-electron chi connectivity index (χ4n) is 3.55. The van der Waals surface area contributed by atoms with Crippen LogP contribution in [-0.4, -0.2) is 73.2 Å². The number of nitrogens with zero attached hydrogens (tertiary/aromatic N) is 4. The first-order valence-corrected chi connectivity index (χ1v) is 11.2. The van der Waals surface area contributed by atoms with Gasteiger partial charge in [-0.3, -0.25) is 9.48 Å². The van der Waals surface area contributed by atoms with Gasteiger partial charge in [0, 0.05) is 33.2 Å². The van der Waals surface area contributed by atoms with E-state index in [2.05, 4.69) is 5.10 Å². The van der Waals surface area contributed by atoms with Crippen LogP contribution in [0.2, 0.25) is 0 Å². The molecule has 1 aliphatic rings. The van der Waals surface area contributed by atoms with E-state index in [1.165, 1.54) is 4.31 Å². The van der Waals surface area contributed by atoms with Crippen LogP contribution >= 0.6 is 0 Å². The molecule has 2 aromatic rings. The van der Waals surface area contributed by atoms with Gasteiger partial charge < -0.3 is 14.4 Å². The SMILES string of the molecule is COc1ccc(OCC(=O)N2CCCN(S(=O)(=O)c3c(C)nn(C)c3C)CC2)cc1. The van der Waals surface area contributed by atoms with Gasteiger partial charge >= 0.3 is 0 Å². The summed E-state index contributed by atoms with van der Waals surface area (Å²) < 4.78 is 40.0. The minimum atomic E-state index is -3.67. The lowest BCUT2D eigenvalue weighted by molar-refractivity contribution is -0.133. The lowest BCUT2D eigenvalue weighted by Crippen LogP contribution is -2.39. The number of hydrogen-bond acceptors (Lipinski definition) is 6. The van der Waals surface area contributed by atoms with E-state index in [9.17, 15) is 13.2 Å². The second kappa shape index (κ2) is 9.05. The first-order chi connectivity index (χ1) is 14.2. The van der Waals surface area contributed by atoms with Crippen LogP contribution in [0.1, 0.15) is 17.8 Å². The number of amides is 1. The molecule has 0 atom stereocenters. The van der Waals surface area contributed by atoms with Crippen LogP contribution in [-0.2, 0) is 21.9 Å². The minimum absolute atomic E-state index is 0.0973. The molecule has 1 aromatic heterocycles. The number of hydrogen-bond donors (Lipinski definition) is 0. The maximum atomic E-state index is 13.2. The van der Waals surface area contributed by atoms with Crippen molar-refractivity contribution in [1.82, 2.24) is 19.0 Å². The van der Waals surface area contributed by atoms with Crippen molar-refractivity contribution in [3.05, 3.63) is 35.7 Å². The lowest BCUT2D eigenvalue weighted by atomic mass is 10.3. The lowest BCUT2D eigenvalue weighted by Gasteiger charge is -2.22. The number of benzene rings is 1. The standard InChI is InChI=1S/C20H28N4O5S/c1-15-20(16(2)22(3)21-15)30(26,27)24-11-5-10-23(12-13-24)19(25)14-29-18-8-6-17(28-4)7-9-18/h6-9H,5,10-14H2,1-4H3. The third kappa shape index (κ3) is 4.59. The number of ether oxygens (including phenoxy) is 2. The van der Waals surface area contributed by atoms with Gasteiger partial charge in [-0.05, 0) is 44.5 Å². The van der Waals surface area contributed by atoms with Crippen molar-refractivity contribution in [1.29, 1.82) is 0 Å². The van der Waals surface area contributed by atoms with Gasteiger partial charge in [-0.1, -0.05) is 0 Å². The van der Waals surface area contributed by atoms with Crippen molar-refractivity contribution >= 4 is 15.9 Å². The number of aromatic nitrogens is 2. The van der Waals surface area contributed by atoms with Crippen molar-refractivity contribution in [2.75, 3.05) is 39.9 Å². The molecule has 0 saturated carbocycles. The number of carbonyl (C=O) groups excluding carboxylic acids is 1. The number of sulfonamides is 1. The molecule has 0 N–H and O–H groups in total. The van der Waals surface area contributed by atoms with Crippen LogP contribution in [0.4, 0.5) is 0 Å². The molecule has 1 saturated heterocycles. The highest BCUT2D eigenvalue weighted by molar-refractivity contribution is 7.89. The van der Waals surface area contributed by atoms with E-state index < -0.39 is 10.0 Å². The van der Waals surface area contributed by atoms with Gasteiger partial charge in [-0.25, -0.2) is 8.42 Å². The van der Waals surface area contributed by atoms with E-state index in [0.29, 0.717) is 48.9 Å². The molecule has 0 radical (unpaired) electrons. The molecule has 10 heteroatoms. The van der Waals surface area contributed by atoms with E-state index in [4.69, 9.17) is 9.47 Å². The Morgan fingerprint density at radius 2 is 1.73 bits per heavy atom. The predicted octanol–water partition coefficient (Wildman–Crippen LogP) is 1.35. The summed E-state index contributed by atoms with van der Waals surface area (Å²) in [7, 11) is -0.356. The Balaban J connectivity index is 1.61. The molecular formula is C20H28N4O5S. The third-order valence-electron chi connectivity index (χ3n) is 5.27. The Bertz CT molecular complexity index is 1000. The summed E-state index contributed by atoms with van der Waals surface area (Å²) >= 11 is 0. The predicted molar refractivity (Wildman–Crippen MR) is 111 cm³/mol. The van der Waals surface area contributed by atoms with E-state index in [-0.39, 0.29) is 24.0 Å². The van der Waals surface area contributed by atoms with E-state index in [1.807, 2.05) is 0 Å². The van der Waals surface area contributed by atoms with Gasteiger partial charge in [0.2, 0.25) is 10.0 Å². The molecule has 1 aromatic carbocycles. The van der Waals surface area contributed by atoms with Gasteiger partial charge in [-0.15, -0.1) is 0 Å². The average Bonchev–Trinajstić information content (AvgIpc) is 2.90. The number of methoxy groups -OCH3 is 1. The van der Waals surface area contributed by atoms with Crippen LogP contribution < -0.4 is 9.47 Å². The first-order valence-electron chi connectivity index (χ1n) is 9.79. The average molecular weight is 437 g/mol. The second-order valence-electron chi connectivity index (χ2n) is 7.23. The van der Waals surface area contributed by atoms with Crippen molar-refractivity contribution in [3.63, 3.8) is 0 Å². The van der Waals surface area contributed by atoms with Gasteiger partial charge in [0.15, 0.2) is 6.61 Å². The molecular weight excluding hydrogens is 408 g/mol. The Hall–Kier alpha value is -2.59. The van der Waals surface area contributed by atoms with Gasteiger partial charge in [0.1, 0.15) is 16.4 Å². The summed E-state index contributed by atoms with van der Waals surface area (Å²) in [5.41, 5.74) is 1.10. The van der Waals surface area contributed by atoms with E-state index in [1.54, 1.807) is 61.9 Å². The topological polar surface area (TPSA) is 94.0 Å². The van der Waals surface area contributed by atoms with Crippen molar-refractivity contribution in [2.24, 2.45) is 7.05 Å². The van der Waals surface area contributed by atoms with Gasteiger partial charge in [0.05, 0.1) is 18.5 Å². The molecule has 3 rings (SSSR count). The zero-order valence-corrected chi connectivity index (χ0v) is 18.6. The fraction of sp³-hybridized carbons (Fsp3) is 0.500. The van der Waals surface area contributed by atoms with Crippen LogP contribution in [0.5, 0.6) is 11.5 Å². The second-order valence-corrected chi connectivity index (χ2v) is 9.10. The third-order valence-corrected chi connectivity index (χ3v) is 7.42. The van der Waals surface area contributed by atoms with Crippen LogP contribution in [0.15, 0.2) is 29.2 Å². The summed E-state index contributed by atoms with van der Waals surface area (Å²) in [5, 5.41) is 4.22. The molecule has 1 aliphatic heterocycles. The summed E-state index contributed by atoms with van der Waals surface area (Å²) in [6.07, 6.45) is 0.561. The summed E-state index contributed by atoms with van der Waals surface area (Å²) in [6.45, 7) is 4.76. The van der Waals surface area contributed by atoms with E-state index >= 15 is 0 Å². The van der Waals surface area contributed by atoms with E-state index in [0.717, 1.165) is 0 Å². The molecule has 30 heavy (non-hydrogen) atoms. The van der Waals surface area contributed by atoms with Gasteiger partial charge in [0.25, 0.3) is 5.91 Å². The Morgan fingerprint density at radius 3 is 2.33 bits per heavy atom. The van der Waals surface area contributed by atoms with Crippen molar-refractivity contribution < 1.29 is 22.7 Å². The molecule has 164 valence electrons. The molecule has 9 nitrogen and oxygen atoms in total. The minimum Gasteiger partial charge on any atom is -0.497 e. The highest BCUT2D eigenvalue weighted by Gasteiger charge is 2.32. The van der Waals surface area contributed by atoms with Crippen LogP contribution in [0, 0.1) is 13.8 Å². The molecule has 1 fully saturated rings. The molecule has 0 spiro atoms.